The minimum absolute atomic E-state index is 0.0417. The first-order valence-corrected chi connectivity index (χ1v) is 8.62. The molecule has 0 aromatic carbocycles. The van der Waals surface area contributed by atoms with Crippen molar-refractivity contribution in [1.82, 2.24) is 16.0 Å². The van der Waals surface area contributed by atoms with E-state index < -0.39 is 24.5 Å². The summed E-state index contributed by atoms with van der Waals surface area (Å²) in [5, 5.41) is 7.42. The molecular formula is C17H23N3O6. The molecule has 9 nitrogen and oxygen atoms in total. The standard InChI is InChI=1S/C17H23N3O6/c21-14(20-17(24)19-12-5-1-2-6-12)11-26-15(22)8-3-9-18-16(23)13-7-4-10-25-13/h4,7,10,12H,1-3,5-6,8-9,11H2,(H,18,23)(H2,19,20,21,24). The lowest BCUT2D eigenvalue weighted by Crippen LogP contribution is -2.45. The van der Waals surface area contributed by atoms with Crippen molar-refractivity contribution in [3.8, 4) is 0 Å². The van der Waals surface area contributed by atoms with E-state index in [0.29, 0.717) is 6.42 Å². The summed E-state index contributed by atoms with van der Waals surface area (Å²) in [4.78, 5) is 46.3. The van der Waals surface area contributed by atoms with Crippen LogP contribution >= 0.6 is 0 Å². The van der Waals surface area contributed by atoms with Crippen LogP contribution in [0.1, 0.15) is 49.1 Å². The van der Waals surface area contributed by atoms with Gasteiger partial charge in [0, 0.05) is 19.0 Å². The van der Waals surface area contributed by atoms with E-state index in [1.165, 1.54) is 12.3 Å². The highest BCUT2D eigenvalue weighted by Crippen LogP contribution is 2.17. The van der Waals surface area contributed by atoms with Gasteiger partial charge in [-0.05, 0) is 31.4 Å². The van der Waals surface area contributed by atoms with Crippen LogP contribution in [0, 0.1) is 0 Å². The number of esters is 1. The number of rotatable bonds is 8. The van der Waals surface area contributed by atoms with Gasteiger partial charge in [-0.1, -0.05) is 12.8 Å². The molecule has 1 heterocycles. The zero-order valence-electron chi connectivity index (χ0n) is 14.4. The Labute approximate surface area is 150 Å². The second kappa shape index (κ2) is 10.2. The molecular weight excluding hydrogens is 342 g/mol. The fourth-order valence-corrected chi connectivity index (χ4v) is 2.60. The second-order valence-corrected chi connectivity index (χ2v) is 6.00. The molecule has 4 amide bonds. The summed E-state index contributed by atoms with van der Waals surface area (Å²) in [6, 6.07) is 2.66. The van der Waals surface area contributed by atoms with Crippen LogP contribution in [0.4, 0.5) is 4.79 Å². The molecule has 142 valence electrons. The van der Waals surface area contributed by atoms with Gasteiger partial charge < -0.3 is 19.8 Å². The number of imide groups is 1. The van der Waals surface area contributed by atoms with Crippen molar-refractivity contribution >= 4 is 23.8 Å². The topological polar surface area (TPSA) is 127 Å². The van der Waals surface area contributed by atoms with Gasteiger partial charge in [-0.2, -0.15) is 0 Å². The third-order valence-electron chi connectivity index (χ3n) is 3.90. The van der Waals surface area contributed by atoms with E-state index in [-0.39, 0.29) is 30.7 Å². The SMILES string of the molecule is O=C(COC(=O)CCCNC(=O)c1ccco1)NC(=O)NC1CCCC1. The van der Waals surface area contributed by atoms with Gasteiger partial charge in [0.15, 0.2) is 12.4 Å². The Morgan fingerprint density at radius 3 is 2.65 bits per heavy atom. The van der Waals surface area contributed by atoms with Gasteiger partial charge in [-0.3, -0.25) is 19.7 Å². The molecule has 1 aliphatic carbocycles. The molecule has 0 spiro atoms. The zero-order valence-corrected chi connectivity index (χ0v) is 14.4. The van der Waals surface area contributed by atoms with E-state index in [1.54, 1.807) is 6.07 Å². The highest BCUT2D eigenvalue weighted by atomic mass is 16.5. The highest BCUT2D eigenvalue weighted by molar-refractivity contribution is 5.95. The first kappa shape index (κ1) is 19.5. The average Bonchev–Trinajstić information content (AvgIpc) is 3.30. The Bertz CT molecular complexity index is 622. The summed E-state index contributed by atoms with van der Waals surface area (Å²) in [6.45, 7) is -0.250. The van der Waals surface area contributed by atoms with Gasteiger partial charge >= 0.3 is 12.0 Å². The Hall–Kier alpha value is -2.84. The van der Waals surface area contributed by atoms with Crippen molar-refractivity contribution in [3.05, 3.63) is 24.2 Å². The third-order valence-corrected chi connectivity index (χ3v) is 3.90. The van der Waals surface area contributed by atoms with E-state index in [1.807, 2.05) is 0 Å². The molecule has 0 aliphatic heterocycles. The minimum Gasteiger partial charge on any atom is -0.459 e. The maximum absolute atomic E-state index is 11.6. The maximum Gasteiger partial charge on any atom is 0.321 e. The van der Waals surface area contributed by atoms with E-state index >= 15 is 0 Å². The fourth-order valence-electron chi connectivity index (χ4n) is 2.60. The van der Waals surface area contributed by atoms with Crippen LogP contribution in [0.3, 0.4) is 0 Å². The highest BCUT2D eigenvalue weighted by Gasteiger charge is 2.18. The summed E-state index contributed by atoms with van der Waals surface area (Å²) in [5.41, 5.74) is 0. The van der Waals surface area contributed by atoms with Crippen molar-refractivity contribution in [1.29, 1.82) is 0 Å². The molecule has 0 unspecified atom stereocenters. The van der Waals surface area contributed by atoms with Crippen LogP contribution in [-0.2, 0) is 14.3 Å². The van der Waals surface area contributed by atoms with E-state index in [2.05, 4.69) is 16.0 Å². The van der Waals surface area contributed by atoms with Gasteiger partial charge in [0.25, 0.3) is 11.8 Å². The second-order valence-electron chi connectivity index (χ2n) is 6.00. The van der Waals surface area contributed by atoms with Crippen LogP contribution in [0.25, 0.3) is 0 Å². The first-order chi connectivity index (χ1) is 12.5. The van der Waals surface area contributed by atoms with Gasteiger partial charge in [-0.15, -0.1) is 0 Å². The number of nitrogens with one attached hydrogen (secondary N) is 3. The molecule has 1 aromatic heterocycles. The molecule has 0 atom stereocenters. The van der Waals surface area contributed by atoms with Crippen LogP contribution < -0.4 is 16.0 Å². The molecule has 0 saturated heterocycles. The summed E-state index contributed by atoms with van der Waals surface area (Å²) in [5.74, 6) is -1.43. The number of hydrogen-bond acceptors (Lipinski definition) is 6. The summed E-state index contributed by atoms with van der Waals surface area (Å²) in [6.07, 6.45) is 5.75. The summed E-state index contributed by atoms with van der Waals surface area (Å²) < 4.78 is 9.72. The number of hydrogen-bond donors (Lipinski definition) is 3. The predicted octanol–water partition coefficient (Wildman–Crippen LogP) is 1.10. The average molecular weight is 365 g/mol. The van der Waals surface area contributed by atoms with Crippen molar-refractivity contribution < 1.29 is 28.3 Å². The van der Waals surface area contributed by atoms with Gasteiger partial charge in [-0.25, -0.2) is 4.79 Å². The van der Waals surface area contributed by atoms with Crippen molar-refractivity contribution in [3.63, 3.8) is 0 Å². The number of furan rings is 1. The van der Waals surface area contributed by atoms with Gasteiger partial charge in [0.2, 0.25) is 0 Å². The molecule has 0 bridgehead atoms. The van der Waals surface area contributed by atoms with Crippen LogP contribution in [0.5, 0.6) is 0 Å². The monoisotopic (exact) mass is 365 g/mol. The molecule has 1 aromatic rings. The fraction of sp³-hybridized carbons (Fsp3) is 0.529. The van der Waals surface area contributed by atoms with Crippen molar-refractivity contribution in [2.24, 2.45) is 0 Å². The Morgan fingerprint density at radius 2 is 1.96 bits per heavy atom. The number of urea groups is 1. The van der Waals surface area contributed by atoms with Gasteiger partial charge in [0.05, 0.1) is 6.26 Å². The Morgan fingerprint density at radius 1 is 1.19 bits per heavy atom. The summed E-state index contributed by atoms with van der Waals surface area (Å²) >= 11 is 0. The number of carbonyl (C=O) groups is 4. The lowest BCUT2D eigenvalue weighted by Gasteiger charge is -2.12. The van der Waals surface area contributed by atoms with E-state index in [4.69, 9.17) is 9.15 Å². The number of amides is 4. The first-order valence-electron chi connectivity index (χ1n) is 8.62. The molecule has 0 radical (unpaired) electrons. The third kappa shape index (κ3) is 6.96. The van der Waals surface area contributed by atoms with E-state index in [9.17, 15) is 19.2 Å². The minimum atomic E-state index is -0.681. The van der Waals surface area contributed by atoms with Crippen LogP contribution in [0.2, 0.25) is 0 Å². The predicted molar refractivity (Wildman–Crippen MR) is 90.2 cm³/mol. The smallest absolute Gasteiger partial charge is 0.321 e. The normalized spacial score (nSPS) is 13.8. The lowest BCUT2D eigenvalue weighted by atomic mass is 10.2. The molecule has 26 heavy (non-hydrogen) atoms. The van der Waals surface area contributed by atoms with Crippen LogP contribution in [0.15, 0.2) is 22.8 Å². The lowest BCUT2D eigenvalue weighted by molar-refractivity contribution is -0.148. The Kier molecular flexibility index (Phi) is 7.66. The van der Waals surface area contributed by atoms with Crippen LogP contribution in [-0.4, -0.2) is 43.0 Å². The Balaban J connectivity index is 1.51. The largest absolute Gasteiger partial charge is 0.459 e. The number of ether oxygens (including phenoxy) is 1. The zero-order chi connectivity index (χ0) is 18.8. The molecule has 9 heteroatoms. The molecule has 1 saturated carbocycles. The van der Waals surface area contributed by atoms with Crippen molar-refractivity contribution in [2.45, 2.75) is 44.6 Å². The molecule has 1 aliphatic rings. The molecule has 3 N–H and O–H groups in total. The quantitative estimate of drug-likeness (QED) is 0.468. The maximum atomic E-state index is 11.6. The van der Waals surface area contributed by atoms with E-state index in [0.717, 1.165) is 25.7 Å². The van der Waals surface area contributed by atoms with Gasteiger partial charge in [0.1, 0.15) is 0 Å². The molecule has 2 rings (SSSR count). The number of carbonyl (C=O) groups excluding carboxylic acids is 4. The molecule has 1 fully saturated rings. The summed E-state index contributed by atoms with van der Waals surface area (Å²) in [7, 11) is 0. The van der Waals surface area contributed by atoms with Crippen molar-refractivity contribution in [2.75, 3.05) is 13.2 Å².